The number of hydrogen-bond donors (Lipinski definition) is 2. The molecule has 0 aromatic heterocycles. The van der Waals surface area contributed by atoms with Gasteiger partial charge in [0, 0.05) is 11.6 Å². The summed E-state index contributed by atoms with van der Waals surface area (Å²) in [5.41, 5.74) is 8.92. The molecule has 0 heterocycles. The first-order valence-corrected chi connectivity index (χ1v) is 6.80. The van der Waals surface area contributed by atoms with Crippen LogP contribution in [0.15, 0.2) is 48.5 Å². The number of nitrogens with two attached hydrogens (primary N) is 1. The quantitative estimate of drug-likeness (QED) is 0.878. The van der Waals surface area contributed by atoms with Gasteiger partial charge in [-0.3, -0.25) is 0 Å². The molecule has 3 N–H and O–H groups in total. The summed E-state index contributed by atoms with van der Waals surface area (Å²) in [5.74, 6) is 0.737. The smallest absolute Gasteiger partial charge is 0.124 e. The summed E-state index contributed by atoms with van der Waals surface area (Å²) in [6.07, 6.45) is -0.640. The number of rotatable bonds is 5. The lowest BCUT2D eigenvalue weighted by Crippen LogP contribution is -2.13. The zero-order valence-corrected chi connectivity index (χ0v) is 11.9. The fourth-order valence-electron chi connectivity index (χ4n) is 2.10. The van der Waals surface area contributed by atoms with Crippen molar-refractivity contribution < 1.29 is 9.84 Å². The minimum atomic E-state index is -0.640. The highest BCUT2D eigenvalue weighted by atomic mass is 16.5. The Morgan fingerprint density at radius 3 is 2.50 bits per heavy atom. The summed E-state index contributed by atoms with van der Waals surface area (Å²) in [4.78, 5) is 0. The molecule has 0 bridgehead atoms. The zero-order chi connectivity index (χ0) is 14.5. The molecule has 106 valence electrons. The summed E-state index contributed by atoms with van der Waals surface area (Å²) >= 11 is 0. The predicted octanol–water partition coefficient (Wildman–Crippen LogP) is 3.13. The van der Waals surface area contributed by atoms with Crippen molar-refractivity contribution in [1.82, 2.24) is 0 Å². The molecule has 3 heteroatoms. The van der Waals surface area contributed by atoms with Crippen LogP contribution >= 0.6 is 0 Å². The molecule has 3 nitrogen and oxygen atoms in total. The van der Waals surface area contributed by atoms with Crippen LogP contribution in [0.25, 0.3) is 0 Å². The van der Waals surface area contributed by atoms with Crippen molar-refractivity contribution in [3.8, 4) is 5.75 Å². The minimum absolute atomic E-state index is 0.0984. The van der Waals surface area contributed by atoms with Gasteiger partial charge in [0.05, 0.1) is 0 Å². The van der Waals surface area contributed by atoms with E-state index in [1.54, 1.807) is 0 Å². The first-order valence-electron chi connectivity index (χ1n) is 6.80. The van der Waals surface area contributed by atoms with Crippen LogP contribution in [0, 0.1) is 6.92 Å². The maximum Gasteiger partial charge on any atom is 0.124 e. The van der Waals surface area contributed by atoms with Crippen molar-refractivity contribution >= 4 is 0 Å². The standard InChI is InChI=1S/C17H21NO2/c1-12-8-9-17(15(10-12)13(2)18)20-11-16(19)14-6-4-3-5-7-14/h3-10,13,16,19H,11,18H2,1-2H3/t13-,16?/m0/s1. The molecule has 0 aliphatic rings. The van der Waals surface area contributed by atoms with Crippen LogP contribution < -0.4 is 10.5 Å². The monoisotopic (exact) mass is 271 g/mol. The molecule has 0 saturated heterocycles. The highest BCUT2D eigenvalue weighted by Gasteiger charge is 2.12. The highest BCUT2D eigenvalue weighted by molar-refractivity contribution is 5.38. The third-order valence-corrected chi connectivity index (χ3v) is 3.24. The van der Waals surface area contributed by atoms with E-state index in [9.17, 15) is 5.11 Å². The summed E-state index contributed by atoms with van der Waals surface area (Å²) in [6, 6.07) is 15.3. The second-order valence-corrected chi connectivity index (χ2v) is 5.07. The second kappa shape index (κ2) is 6.55. The van der Waals surface area contributed by atoms with Crippen LogP contribution in [0.1, 0.15) is 35.8 Å². The van der Waals surface area contributed by atoms with Crippen molar-refractivity contribution in [3.63, 3.8) is 0 Å². The second-order valence-electron chi connectivity index (χ2n) is 5.07. The van der Waals surface area contributed by atoms with Gasteiger partial charge in [0.15, 0.2) is 0 Å². The fraction of sp³-hybridized carbons (Fsp3) is 0.294. The SMILES string of the molecule is Cc1ccc(OCC(O)c2ccccc2)c([C@H](C)N)c1. The molecule has 0 aliphatic heterocycles. The van der Waals surface area contributed by atoms with Gasteiger partial charge in [-0.05, 0) is 25.5 Å². The molecule has 0 radical (unpaired) electrons. The van der Waals surface area contributed by atoms with Crippen LogP contribution in [0.2, 0.25) is 0 Å². The zero-order valence-electron chi connectivity index (χ0n) is 11.9. The molecule has 0 spiro atoms. The molecule has 2 rings (SSSR count). The van der Waals surface area contributed by atoms with E-state index in [1.165, 1.54) is 0 Å². The summed E-state index contributed by atoms with van der Waals surface area (Å²) in [5, 5.41) is 10.1. The molecular formula is C17H21NO2. The first-order chi connectivity index (χ1) is 9.58. The van der Waals surface area contributed by atoms with Gasteiger partial charge in [-0.1, -0.05) is 48.0 Å². The molecule has 0 saturated carbocycles. The maximum absolute atomic E-state index is 10.1. The van der Waals surface area contributed by atoms with Gasteiger partial charge in [0.1, 0.15) is 18.5 Å². The fourth-order valence-corrected chi connectivity index (χ4v) is 2.10. The average molecular weight is 271 g/mol. The molecule has 2 aromatic carbocycles. The Kier molecular flexibility index (Phi) is 4.77. The van der Waals surface area contributed by atoms with Crippen LogP contribution in [0.4, 0.5) is 0 Å². The Morgan fingerprint density at radius 2 is 1.85 bits per heavy atom. The van der Waals surface area contributed by atoms with E-state index in [1.807, 2.05) is 62.4 Å². The molecule has 0 fully saturated rings. The molecule has 0 aliphatic carbocycles. The van der Waals surface area contributed by atoms with Gasteiger partial charge in [-0.15, -0.1) is 0 Å². The Balaban J connectivity index is 2.08. The van der Waals surface area contributed by atoms with Crippen LogP contribution in [0.3, 0.4) is 0 Å². The molecule has 20 heavy (non-hydrogen) atoms. The lowest BCUT2D eigenvalue weighted by atomic mass is 10.0. The molecule has 2 atom stereocenters. The molecular weight excluding hydrogens is 250 g/mol. The number of aryl methyl sites for hydroxylation is 1. The Labute approximate surface area is 120 Å². The topological polar surface area (TPSA) is 55.5 Å². The lowest BCUT2D eigenvalue weighted by Gasteiger charge is -2.17. The molecule has 1 unspecified atom stereocenters. The van der Waals surface area contributed by atoms with E-state index in [-0.39, 0.29) is 12.6 Å². The van der Waals surface area contributed by atoms with Gasteiger partial charge in [0.25, 0.3) is 0 Å². The average Bonchev–Trinajstić information content (AvgIpc) is 2.46. The van der Waals surface area contributed by atoms with Gasteiger partial charge in [-0.2, -0.15) is 0 Å². The lowest BCUT2D eigenvalue weighted by molar-refractivity contribution is 0.107. The third-order valence-electron chi connectivity index (χ3n) is 3.24. The van der Waals surface area contributed by atoms with Crippen molar-refractivity contribution in [2.75, 3.05) is 6.61 Å². The van der Waals surface area contributed by atoms with E-state index in [2.05, 4.69) is 0 Å². The predicted molar refractivity (Wildman–Crippen MR) is 80.7 cm³/mol. The summed E-state index contributed by atoms with van der Waals surface area (Å²) in [6.45, 7) is 4.16. The van der Waals surface area contributed by atoms with Gasteiger partial charge in [-0.25, -0.2) is 0 Å². The van der Waals surface area contributed by atoms with Crippen LogP contribution in [-0.2, 0) is 0 Å². The van der Waals surface area contributed by atoms with Crippen LogP contribution in [-0.4, -0.2) is 11.7 Å². The van der Waals surface area contributed by atoms with Crippen molar-refractivity contribution in [2.24, 2.45) is 5.73 Å². The van der Waals surface area contributed by atoms with Gasteiger partial charge < -0.3 is 15.6 Å². The number of hydrogen-bond acceptors (Lipinski definition) is 3. The van der Waals surface area contributed by atoms with E-state index in [0.29, 0.717) is 0 Å². The van der Waals surface area contributed by atoms with E-state index < -0.39 is 6.10 Å². The van der Waals surface area contributed by atoms with E-state index >= 15 is 0 Å². The highest BCUT2D eigenvalue weighted by Crippen LogP contribution is 2.26. The molecule has 0 amide bonds. The number of aliphatic hydroxyl groups is 1. The third kappa shape index (κ3) is 3.59. The van der Waals surface area contributed by atoms with Crippen molar-refractivity contribution in [2.45, 2.75) is 26.0 Å². The Hall–Kier alpha value is -1.84. The maximum atomic E-state index is 10.1. The summed E-state index contributed by atoms with van der Waals surface area (Å²) in [7, 11) is 0. The van der Waals surface area contributed by atoms with E-state index in [4.69, 9.17) is 10.5 Å². The van der Waals surface area contributed by atoms with Crippen molar-refractivity contribution in [1.29, 1.82) is 0 Å². The largest absolute Gasteiger partial charge is 0.490 e. The first kappa shape index (κ1) is 14.6. The minimum Gasteiger partial charge on any atom is -0.490 e. The van der Waals surface area contributed by atoms with Crippen molar-refractivity contribution in [3.05, 3.63) is 65.2 Å². The molecule has 2 aromatic rings. The number of ether oxygens (including phenoxy) is 1. The normalized spacial score (nSPS) is 13.8. The van der Waals surface area contributed by atoms with E-state index in [0.717, 1.165) is 22.4 Å². The van der Waals surface area contributed by atoms with Crippen LogP contribution in [0.5, 0.6) is 5.75 Å². The van der Waals surface area contributed by atoms with Gasteiger partial charge in [0.2, 0.25) is 0 Å². The Bertz CT molecular complexity index is 552. The summed E-state index contributed by atoms with van der Waals surface area (Å²) < 4.78 is 5.74. The number of benzene rings is 2. The number of aliphatic hydroxyl groups excluding tert-OH is 1. The Morgan fingerprint density at radius 1 is 1.15 bits per heavy atom. The van der Waals surface area contributed by atoms with Gasteiger partial charge >= 0.3 is 0 Å².